The molecule has 1 atom stereocenters. The molecule has 20 heavy (non-hydrogen) atoms. The Morgan fingerprint density at radius 1 is 1.20 bits per heavy atom. The first-order valence-electron chi connectivity index (χ1n) is 6.67. The minimum atomic E-state index is -0.0459. The molecule has 0 spiro atoms. The molecule has 1 fully saturated rings. The number of piperidine rings is 1. The number of aromatic nitrogens is 4. The summed E-state index contributed by atoms with van der Waals surface area (Å²) in [5.41, 5.74) is 0.537. The van der Waals surface area contributed by atoms with Gasteiger partial charge in [-0.25, -0.2) is 15.0 Å². The van der Waals surface area contributed by atoms with Gasteiger partial charge in [-0.2, -0.15) is 0 Å². The van der Waals surface area contributed by atoms with Crippen LogP contribution >= 0.6 is 0 Å². The molecule has 2 aromatic heterocycles. The highest BCUT2D eigenvalue weighted by atomic mass is 16.1. The van der Waals surface area contributed by atoms with Gasteiger partial charge in [0.2, 0.25) is 5.95 Å². The summed E-state index contributed by atoms with van der Waals surface area (Å²) in [5, 5.41) is 0. The maximum atomic E-state index is 12.4. The van der Waals surface area contributed by atoms with Crippen LogP contribution in [-0.4, -0.2) is 38.8 Å². The van der Waals surface area contributed by atoms with Gasteiger partial charge < -0.3 is 4.90 Å². The van der Waals surface area contributed by atoms with E-state index < -0.39 is 0 Å². The molecular formula is C14H15N5O. The van der Waals surface area contributed by atoms with Crippen molar-refractivity contribution in [3.05, 3.63) is 42.7 Å². The number of ketones is 1. The Hall–Kier alpha value is -2.37. The van der Waals surface area contributed by atoms with E-state index in [1.54, 1.807) is 12.3 Å². The van der Waals surface area contributed by atoms with E-state index in [1.165, 1.54) is 12.7 Å². The van der Waals surface area contributed by atoms with Crippen LogP contribution in [0.3, 0.4) is 0 Å². The van der Waals surface area contributed by atoms with Crippen molar-refractivity contribution < 1.29 is 4.79 Å². The van der Waals surface area contributed by atoms with Gasteiger partial charge >= 0.3 is 0 Å². The molecule has 1 saturated heterocycles. The quantitative estimate of drug-likeness (QED) is 0.784. The van der Waals surface area contributed by atoms with E-state index in [4.69, 9.17) is 0 Å². The van der Waals surface area contributed by atoms with Gasteiger partial charge in [-0.15, -0.1) is 0 Å². The monoisotopic (exact) mass is 269 g/mol. The number of carbonyl (C=O) groups excluding carboxylic acids is 1. The minimum Gasteiger partial charge on any atom is -0.340 e. The Morgan fingerprint density at radius 3 is 2.80 bits per heavy atom. The lowest BCUT2D eigenvalue weighted by molar-refractivity contribution is 0.0901. The second kappa shape index (κ2) is 5.73. The van der Waals surface area contributed by atoms with Crippen LogP contribution in [0, 0.1) is 5.92 Å². The smallest absolute Gasteiger partial charge is 0.228 e. The highest BCUT2D eigenvalue weighted by Gasteiger charge is 2.28. The zero-order valence-electron chi connectivity index (χ0n) is 11.0. The molecule has 1 aliphatic rings. The minimum absolute atomic E-state index is 0.0459. The van der Waals surface area contributed by atoms with Crippen molar-refractivity contribution in [3.8, 4) is 0 Å². The number of nitrogens with zero attached hydrogens (tertiary/aromatic N) is 5. The van der Waals surface area contributed by atoms with Crippen molar-refractivity contribution in [1.82, 2.24) is 19.9 Å². The largest absolute Gasteiger partial charge is 0.340 e. The fourth-order valence-corrected chi connectivity index (χ4v) is 2.49. The highest BCUT2D eigenvalue weighted by Crippen LogP contribution is 2.22. The van der Waals surface area contributed by atoms with E-state index in [-0.39, 0.29) is 11.7 Å². The predicted octanol–water partition coefficient (Wildman–Crippen LogP) is 1.37. The molecule has 3 rings (SSSR count). The first-order valence-corrected chi connectivity index (χ1v) is 6.67. The van der Waals surface area contributed by atoms with Crippen molar-refractivity contribution in [2.24, 2.45) is 5.92 Å². The molecular weight excluding hydrogens is 254 g/mol. The lowest BCUT2D eigenvalue weighted by atomic mass is 9.92. The number of pyridine rings is 1. The maximum Gasteiger partial charge on any atom is 0.228 e. The first kappa shape index (κ1) is 12.7. The summed E-state index contributed by atoms with van der Waals surface area (Å²) >= 11 is 0. The highest BCUT2D eigenvalue weighted by molar-refractivity contribution is 5.96. The zero-order chi connectivity index (χ0) is 13.8. The van der Waals surface area contributed by atoms with Crippen LogP contribution in [0.4, 0.5) is 5.95 Å². The molecule has 0 N–H and O–H groups in total. The van der Waals surface area contributed by atoms with E-state index in [1.807, 2.05) is 17.0 Å². The van der Waals surface area contributed by atoms with E-state index in [9.17, 15) is 4.79 Å². The lowest BCUT2D eigenvalue weighted by Crippen LogP contribution is -2.39. The molecule has 0 amide bonds. The van der Waals surface area contributed by atoms with Gasteiger partial charge in [0.05, 0.1) is 0 Å². The third-order valence-electron chi connectivity index (χ3n) is 3.47. The van der Waals surface area contributed by atoms with Crippen LogP contribution in [-0.2, 0) is 0 Å². The fourth-order valence-electron chi connectivity index (χ4n) is 2.49. The standard InChI is InChI=1S/C14H15N5O/c20-13(12-5-1-2-6-16-12)11-4-3-7-19(8-11)14-17-9-15-10-18-14/h1-2,5-6,9-11H,3-4,7-8H2/t11-/m1/s1. The Balaban J connectivity index is 1.74. The first-order chi connectivity index (χ1) is 9.84. The number of carbonyl (C=O) groups is 1. The van der Waals surface area contributed by atoms with E-state index in [0.717, 1.165) is 19.4 Å². The summed E-state index contributed by atoms with van der Waals surface area (Å²) in [6, 6.07) is 5.42. The number of Topliss-reactive ketones (excluding diaryl/α,β-unsaturated/α-hetero) is 1. The van der Waals surface area contributed by atoms with Crippen LogP contribution in [0.1, 0.15) is 23.3 Å². The van der Waals surface area contributed by atoms with E-state index in [0.29, 0.717) is 18.2 Å². The Morgan fingerprint density at radius 2 is 2.05 bits per heavy atom. The molecule has 0 aliphatic carbocycles. The maximum absolute atomic E-state index is 12.4. The normalized spacial score (nSPS) is 18.8. The van der Waals surface area contributed by atoms with E-state index in [2.05, 4.69) is 19.9 Å². The topological polar surface area (TPSA) is 71.9 Å². The molecule has 102 valence electrons. The molecule has 0 aromatic carbocycles. The second-order valence-corrected chi connectivity index (χ2v) is 4.80. The summed E-state index contributed by atoms with van der Waals surface area (Å²) in [5.74, 6) is 0.693. The second-order valence-electron chi connectivity index (χ2n) is 4.80. The Kier molecular flexibility index (Phi) is 3.62. The van der Waals surface area contributed by atoms with Crippen LogP contribution < -0.4 is 4.90 Å². The van der Waals surface area contributed by atoms with Gasteiger partial charge in [-0.3, -0.25) is 9.78 Å². The van der Waals surface area contributed by atoms with Crippen LogP contribution in [0.25, 0.3) is 0 Å². The van der Waals surface area contributed by atoms with Gasteiger partial charge in [-0.05, 0) is 25.0 Å². The molecule has 3 heterocycles. The number of hydrogen-bond acceptors (Lipinski definition) is 6. The summed E-state index contributed by atoms with van der Waals surface area (Å²) in [4.78, 5) is 30.7. The van der Waals surface area contributed by atoms with Crippen molar-refractivity contribution in [3.63, 3.8) is 0 Å². The molecule has 0 bridgehead atoms. The van der Waals surface area contributed by atoms with Crippen molar-refractivity contribution >= 4 is 11.7 Å². The number of hydrogen-bond donors (Lipinski definition) is 0. The van der Waals surface area contributed by atoms with Gasteiger partial charge in [0.25, 0.3) is 0 Å². The average Bonchev–Trinajstić information content (AvgIpc) is 2.56. The lowest BCUT2D eigenvalue weighted by Gasteiger charge is -2.31. The Bertz CT molecular complexity index is 575. The molecule has 1 aliphatic heterocycles. The molecule has 0 radical (unpaired) electrons. The summed E-state index contributed by atoms with van der Waals surface area (Å²) < 4.78 is 0. The van der Waals surface area contributed by atoms with Crippen molar-refractivity contribution in [2.45, 2.75) is 12.8 Å². The van der Waals surface area contributed by atoms with Crippen LogP contribution in [0.5, 0.6) is 0 Å². The summed E-state index contributed by atoms with van der Waals surface area (Å²) in [7, 11) is 0. The molecule has 0 unspecified atom stereocenters. The van der Waals surface area contributed by atoms with Gasteiger partial charge in [-0.1, -0.05) is 6.07 Å². The number of rotatable bonds is 3. The van der Waals surface area contributed by atoms with Crippen molar-refractivity contribution in [2.75, 3.05) is 18.0 Å². The third kappa shape index (κ3) is 2.64. The number of anilines is 1. The van der Waals surface area contributed by atoms with Gasteiger partial charge in [0.1, 0.15) is 18.3 Å². The van der Waals surface area contributed by atoms with Crippen LogP contribution in [0.15, 0.2) is 37.1 Å². The van der Waals surface area contributed by atoms with Crippen LogP contribution in [0.2, 0.25) is 0 Å². The molecule has 0 saturated carbocycles. The molecule has 6 heteroatoms. The average molecular weight is 269 g/mol. The zero-order valence-corrected chi connectivity index (χ0v) is 11.0. The Labute approximate surface area is 116 Å². The molecule has 6 nitrogen and oxygen atoms in total. The summed E-state index contributed by atoms with van der Waals surface area (Å²) in [6.07, 6.45) is 6.45. The third-order valence-corrected chi connectivity index (χ3v) is 3.47. The van der Waals surface area contributed by atoms with E-state index >= 15 is 0 Å². The SMILES string of the molecule is O=C(c1ccccn1)[C@@H]1CCCN(c2ncncn2)C1. The van der Waals surface area contributed by atoms with Gasteiger partial charge in [0, 0.05) is 25.2 Å². The summed E-state index contributed by atoms with van der Waals surface area (Å²) in [6.45, 7) is 1.51. The molecule has 2 aromatic rings. The van der Waals surface area contributed by atoms with Gasteiger partial charge in [0.15, 0.2) is 5.78 Å². The fraction of sp³-hybridized carbons (Fsp3) is 0.357. The van der Waals surface area contributed by atoms with Crippen molar-refractivity contribution in [1.29, 1.82) is 0 Å². The predicted molar refractivity (Wildman–Crippen MR) is 73.3 cm³/mol.